The minimum absolute atomic E-state index is 0.0893. The molecule has 0 aromatic rings. The summed E-state index contributed by atoms with van der Waals surface area (Å²) in [6.45, 7) is 19.0. The Bertz CT molecular complexity index is 425. The molecule has 136 valence electrons. The molecule has 1 aliphatic heterocycles. The molecule has 0 unspecified atom stereocenters. The SMILES string of the molecule is C[C@H]1CN(C(=O)OC(C)(C)C)[C@H](CO)[C@H]1O[Si](C)(C)C(C)(C)C. The van der Waals surface area contributed by atoms with Gasteiger partial charge in [-0.3, -0.25) is 4.90 Å². The molecule has 0 radical (unpaired) electrons. The lowest BCUT2D eigenvalue weighted by atomic mass is 10.1. The fraction of sp³-hybridized carbons (Fsp3) is 0.941. The minimum atomic E-state index is -1.97. The lowest BCUT2D eigenvalue weighted by molar-refractivity contribution is 0.00747. The van der Waals surface area contributed by atoms with Crippen LogP contribution in [0, 0.1) is 5.92 Å². The first-order valence-electron chi connectivity index (χ1n) is 8.48. The molecule has 0 saturated carbocycles. The van der Waals surface area contributed by atoms with E-state index >= 15 is 0 Å². The van der Waals surface area contributed by atoms with E-state index in [2.05, 4.69) is 40.8 Å². The number of carbonyl (C=O) groups excluding carboxylic acids is 1. The summed E-state index contributed by atoms with van der Waals surface area (Å²) < 4.78 is 12.0. The number of rotatable bonds is 3. The second-order valence-corrected chi connectivity index (χ2v) is 14.0. The van der Waals surface area contributed by atoms with Gasteiger partial charge in [0.15, 0.2) is 8.32 Å². The molecular formula is C17H35NO4Si. The zero-order valence-corrected chi connectivity index (χ0v) is 17.3. The van der Waals surface area contributed by atoms with E-state index in [1.165, 1.54) is 0 Å². The number of carbonyl (C=O) groups is 1. The van der Waals surface area contributed by atoms with Crippen molar-refractivity contribution in [3.63, 3.8) is 0 Å². The highest BCUT2D eigenvalue weighted by Crippen LogP contribution is 2.40. The smallest absolute Gasteiger partial charge is 0.410 e. The zero-order chi connectivity index (χ0) is 18.2. The Hall–Kier alpha value is -0.593. The van der Waals surface area contributed by atoms with E-state index in [1.54, 1.807) is 4.90 Å². The van der Waals surface area contributed by atoms with Crippen molar-refractivity contribution in [3.8, 4) is 0 Å². The Morgan fingerprint density at radius 2 is 1.74 bits per heavy atom. The molecule has 0 spiro atoms. The molecule has 0 bridgehead atoms. The molecule has 0 aromatic carbocycles. The molecule has 0 aliphatic carbocycles. The molecule has 1 N–H and O–H groups in total. The fourth-order valence-corrected chi connectivity index (χ4v) is 3.97. The Balaban J connectivity index is 2.93. The summed E-state index contributed by atoms with van der Waals surface area (Å²) in [7, 11) is -1.97. The highest BCUT2D eigenvalue weighted by atomic mass is 28.4. The van der Waals surface area contributed by atoms with Gasteiger partial charge < -0.3 is 14.3 Å². The number of aliphatic hydroxyl groups excluding tert-OH is 1. The molecule has 1 rings (SSSR count). The quantitative estimate of drug-likeness (QED) is 0.794. The number of hydrogen-bond acceptors (Lipinski definition) is 4. The molecule has 0 aromatic heterocycles. The summed E-state index contributed by atoms with van der Waals surface area (Å²) in [5.74, 6) is 0.175. The van der Waals surface area contributed by atoms with Gasteiger partial charge in [-0.25, -0.2) is 4.79 Å². The van der Waals surface area contributed by atoms with E-state index in [1.807, 2.05) is 20.8 Å². The van der Waals surface area contributed by atoms with E-state index in [4.69, 9.17) is 9.16 Å². The molecule has 5 nitrogen and oxygen atoms in total. The van der Waals surface area contributed by atoms with Gasteiger partial charge in [0.2, 0.25) is 0 Å². The van der Waals surface area contributed by atoms with Crippen molar-refractivity contribution in [3.05, 3.63) is 0 Å². The highest BCUT2D eigenvalue weighted by Gasteiger charge is 2.48. The Morgan fingerprint density at radius 3 is 2.13 bits per heavy atom. The Kier molecular flexibility index (Phi) is 5.98. The van der Waals surface area contributed by atoms with E-state index < -0.39 is 13.9 Å². The van der Waals surface area contributed by atoms with Crippen molar-refractivity contribution in [2.75, 3.05) is 13.2 Å². The first-order chi connectivity index (χ1) is 10.2. The van der Waals surface area contributed by atoms with E-state index in [-0.39, 0.29) is 35.8 Å². The van der Waals surface area contributed by atoms with Crippen LogP contribution in [0.3, 0.4) is 0 Å². The van der Waals surface area contributed by atoms with Crippen molar-refractivity contribution >= 4 is 14.4 Å². The minimum Gasteiger partial charge on any atom is -0.444 e. The normalized spacial score (nSPS) is 26.5. The number of hydrogen-bond donors (Lipinski definition) is 1. The number of amides is 1. The number of aliphatic hydroxyl groups is 1. The van der Waals surface area contributed by atoms with Crippen LogP contribution in [-0.4, -0.2) is 55.3 Å². The van der Waals surface area contributed by atoms with Gasteiger partial charge >= 0.3 is 6.09 Å². The molecule has 1 amide bonds. The van der Waals surface area contributed by atoms with Crippen molar-refractivity contribution < 1.29 is 19.1 Å². The summed E-state index contributed by atoms with van der Waals surface area (Å²) in [6.07, 6.45) is -0.516. The topological polar surface area (TPSA) is 59.0 Å². The number of ether oxygens (including phenoxy) is 1. The molecule has 1 aliphatic rings. The molecule has 1 saturated heterocycles. The summed E-state index contributed by atoms with van der Waals surface area (Å²) in [6, 6.07) is -0.339. The summed E-state index contributed by atoms with van der Waals surface area (Å²) in [5, 5.41) is 9.95. The van der Waals surface area contributed by atoms with E-state index in [9.17, 15) is 9.90 Å². The van der Waals surface area contributed by atoms with Gasteiger partial charge in [0.05, 0.1) is 18.8 Å². The van der Waals surface area contributed by atoms with E-state index in [0.29, 0.717) is 6.54 Å². The average Bonchev–Trinajstić information content (AvgIpc) is 2.62. The monoisotopic (exact) mass is 345 g/mol. The average molecular weight is 346 g/mol. The van der Waals surface area contributed by atoms with Crippen LogP contribution in [0.4, 0.5) is 4.79 Å². The first kappa shape index (κ1) is 20.5. The molecular weight excluding hydrogens is 310 g/mol. The number of likely N-dealkylation sites (tertiary alicyclic amines) is 1. The molecule has 3 atom stereocenters. The Morgan fingerprint density at radius 1 is 1.22 bits per heavy atom. The standard InChI is InChI=1S/C17H35NO4Si/c1-12-10-18(15(20)21-16(2,3)4)13(11-19)14(12)22-23(8,9)17(5,6)7/h12-14,19H,10-11H2,1-9H3/t12-,13+,14-/m0/s1. The van der Waals surface area contributed by atoms with Crippen molar-refractivity contribution in [1.29, 1.82) is 0 Å². The molecule has 23 heavy (non-hydrogen) atoms. The first-order valence-corrected chi connectivity index (χ1v) is 11.4. The summed E-state index contributed by atoms with van der Waals surface area (Å²) in [4.78, 5) is 14.1. The van der Waals surface area contributed by atoms with Crippen LogP contribution in [0.2, 0.25) is 18.1 Å². The van der Waals surface area contributed by atoms with Gasteiger partial charge in [0.1, 0.15) is 5.60 Å². The maximum atomic E-state index is 12.4. The lowest BCUT2D eigenvalue weighted by Gasteiger charge is -2.41. The molecule has 6 heteroatoms. The van der Waals surface area contributed by atoms with Gasteiger partial charge in [-0.05, 0) is 38.9 Å². The third kappa shape index (κ3) is 4.94. The Labute approximate surface area is 142 Å². The predicted molar refractivity (Wildman–Crippen MR) is 95.0 cm³/mol. The molecule has 1 heterocycles. The van der Waals surface area contributed by atoms with Gasteiger partial charge in [0.25, 0.3) is 0 Å². The van der Waals surface area contributed by atoms with Crippen LogP contribution < -0.4 is 0 Å². The maximum Gasteiger partial charge on any atom is 0.410 e. The van der Waals surface area contributed by atoms with Crippen molar-refractivity contribution in [2.45, 2.75) is 84.3 Å². The highest BCUT2D eigenvalue weighted by molar-refractivity contribution is 6.74. The van der Waals surface area contributed by atoms with Crippen molar-refractivity contribution in [1.82, 2.24) is 4.90 Å². The fourth-order valence-electron chi connectivity index (χ4n) is 2.55. The van der Waals surface area contributed by atoms with Gasteiger partial charge in [0, 0.05) is 12.5 Å². The summed E-state index contributed by atoms with van der Waals surface area (Å²) >= 11 is 0. The van der Waals surface area contributed by atoms with Crippen LogP contribution in [0.15, 0.2) is 0 Å². The van der Waals surface area contributed by atoms with Crippen molar-refractivity contribution in [2.24, 2.45) is 5.92 Å². The van der Waals surface area contributed by atoms with Gasteiger partial charge in [-0.15, -0.1) is 0 Å². The summed E-state index contributed by atoms with van der Waals surface area (Å²) in [5.41, 5.74) is -0.543. The van der Waals surface area contributed by atoms with Crippen LogP contribution in [0.25, 0.3) is 0 Å². The third-order valence-corrected chi connectivity index (χ3v) is 9.35. The number of nitrogens with zero attached hydrogens (tertiary/aromatic N) is 1. The van der Waals surface area contributed by atoms with E-state index in [0.717, 1.165) is 0 Å². The van der Waals surface area contributed by atoms with Gasteiger partial charge in [-0.2, -0.15) is 0 Å². The third-order valence-electron chi connectivity index (χ3n) is 4.88. The zero-order valence-electron chi connectivity index (χ0n) is 16.3. The second kappa shape index (κ2) is 6.73. The largest absolute Gasteiger partial charge is 0.444 e. The van der Waals surface area contributed by atoms with Crippen LogP contribution in [0.1, 0.15) is 48.5 Å². The van der Waals surface area contributed by atoms with Gasteiger partial charge in [-0.1, -0.05) is 27.7 Å². The molecule has 1 fully saturated rings. The van der Waals surface area contributed by atoms with Crippen LogP contribution in [-0.2, 0) is 9.16 Å². The second-order valence-electron chi connectivity index (χ2n) is 9.20. The lowest BCUT2D eigenvalue weighted by Crippen LogP contribution is -2.51. The van der Waals surface area contributed by atoms with Crippen LogP contribution >= 0.6 is 0 Å². The van der Waals surface area contributed by atoms with Crippen LogP contribution in [0.5, 0.6) is 0 Å². The predicted octanol–water partition coefficient (Wildman–Crippen LogP) is 3.62. The maximum absolute atomic E-state index is 12.4.